The number of aryl methyl sites for hydroxylation is 1. The van der Waals surface area contributed by atoms with Gasteiger partial charge in [0.25, 0.3) is 11.4 Å². The van der Waals surface area contributed by atoms with Crippen molar-refractivity contribution in [1.82, 2.24) is 4.90 Å². The summed E-state index contributed by atoms with van der Waals surface area (Å²) in [4.78, 5) is 16.1. The van der Waals surface area contributed by atoms with E-state index in [1.165, 1.54) is 0 Å². The van der Waals surface area contributed by atoms with Gasteiger partial charge in [0.15, 0.2) is 17.5 Å². The summed E-state index contributed by atoms with van der Waals surface area (Å²) in [7, 11) is 1.64. The summed E-state index contributed by atoms with van der Waals surface area (Å²) in [6.45, 7) is 5.19. The summed E-state index contributed by atoms with van der Waals surface area (Å²) in [6.07, 6.45) is 0. The number of carbonyl (C=O) groups is 1. The molecular formula is C34H33N2O5+. The Morgan fingerprint density at radius 1 is 0.976 bits per heavy atom. The first-order chi connectivity index (χ1) is 20.0. The molecule has 2 aliphatic rings. The van der Waals surface area contributed by atoms with Gasteiger partial charge in [0.2, 0.25) is 6.79 Å². The van der Waals surface area contributed by atoms with Gasteiger partial charge in [-0.1, -0.05) is 66.2 Å². The number of carboxylic acid groups (broad SMARTS) is 1. The third kappa shape index (κ3) is 4.38. The molecule has 4 aromatic rings. The minimum atomic E-state index is -1.47. The van der Waals surface area contributed by atoms with Crippen molar-refractivity contribution in [3.8, 4) is 17.2 Å². The number of aliphatic carboxylic acids is 1. The minimum Gasteiger partial charge on any atom is -0.497 e. The average Bonchev–Trinajstić information content (AvgIpc) is 3.58. The predicted octanol–water partition coefficient (Wildman–Crippen LogP) is 5.75. The van der Waals surface area contributed by atoms with E-state index in [1.54, 1.807) is 7.11 Å². The van der Waals surface area contributed by atoms with E-state index in [0.29, 0.717) is 30.2 Å². The number of fused-ring (bicyclic) bond motifs is 1. The van der Waals surface area contributed by atoms with Crippen LogP contribution in [0.1, 0.15) is 40.8 Å². The van der Waals surface area contributed by atoms with Crippen LogP contribution >= 0.6 is 0 Å². The third-order valence-corrected chi connectivity index (χ3v) is 8.06. The lowest BCUT2D eigenvalue weighted by Crippen LogP contribution is -2.53. The van der Waals surface area contributed by atoms with Gasteiger partial charge in [-0.15, -0.1) is 0 Å². The molecule has 2 unspecified atom stereocenters. The number of amidine groups is 1. The van der Waals surface area contributed by atoms with Crippen molar-refractivity contribution >= 4 is 11.8 Å². The van der Waals surface area contributed by atoms with Crippen LogP contribution in [0.3, 0.4) is 0 Å². The molecule has 0 radical (unpaired) electrons. The normalized spacial score (nSPS) is 19.5. The quantitative estimate of drug-likeness (QED) is 0.282. The van der Waals surface area contributed by atoms with Crippen molar-refractivity contribution < 1.29 is 28.7 Å². The maximum absolute atomic E-state index is 14.0. The highest BCUT2D eigenvalue weighted by Gasteiger charge is 2.67. The lowest BCUT2D eigenvalue weighted by Gasteiger charge is -2.35. The molecule has 6 rings (SSSR count). The van der Waals surface area contributed by atoms with Crippen molar-refractivity contribution in [3.05, 3.63) is 125 Å². The van der Waals surface area contributed by atoms with Crippen LogP contribution in [0.15, 0.2) is 97.1 Å². The van der Waals surface area contributed by atoms with E-state index in [-0.39, 0.29) is 6.79 Å². The number of benzene rings is 4. The molecule has 0 spiro atoms. The standard InChI is InChI=1S/C34H32N2O5/c1-4-35-31(26-14-19-29-30(20-26)41-22-40-29)34(33(37)38,27-15-10-23(2)11-16-27)36(21-24-8-6-5-7-9-24)32(35)25-12-17-28(39-3)18-13-25/h5-20,31H,4,21-22H2,1-3H3/p+1. The van der Waals surface area contributed by atoms with E-state index < -0.39 is 17.6 Å². The lowest BCUT2D eigenvalue weighted by atomic mass is 9.78. The average molecular weight is 550 g/mol. The summed E-state index contributed by atoms with van der Waals surface area (Å²) in [6, 6.07) is 30.9. The Labute approximate surface area is 239 Å². The van der Waals surface area contributed by atoms with E-state index in [1.807, 2.05) is 104 Å². The van der Waals surface area contributed by atoms with Crippen molar-refractivity contribution in [2.75, 3.05) is 20.4 Å². The fourth-order valence-electron chi connectivity index (χ4n) is 6.16. The van der Waals surface area contributed by atoms with Crippen LogP contribution in [0.4, 0.5) is 0 Å². The van der Waals surface area contributed by atoms with Crippen LogP contribution < -0.4 is 14.2 Å². The highest BCUT2D eigenvalue weighted by molar-refractivity contribution is 6.01. The predicted molar refractivity (Wildman–Crippen MR) is 156 cm³/mol. The Kier molecular flexibility index (Phi) is 6.87. The molecule has 0 fully saturated rings. The molecular weight excluding hydrogens is 516 g/mol. The molecule has 1 N–H and O–H groups in total. The van der Waals surface area contributed by atoms with Gasteiger partial charge in [-0.25, -0.2) is 14.3 Å². The zero-order valence-corrected chi connectivity index (χ0v) is 23.4. The molecule has 7 heteroatoms. The van der Waals surface area contributed by atoms with Crippen molar-refractivity contribution in [3.63, 3.8) is 0 Å². The molecule has 0 amide bonds. The molecule has 0 bridgehead atoms. The summed E-state index contributed by atoms with van der Waals surface area (Å²) >= 11 is 0. The zero-order chi connectivity index (χ0) is 28.6. The van der Waals surface area contributed by atoms with Crippen LogP contribution in [0, 0.1) is 6.92 Å². The summed E-state index contributed by atoms with van der Waals surface area (Å²) in [5.74, 6) is 1.92. The van der Waals surface area contributed by atoms with E-state index in [0.717, 1.165) is 33.8 Å². The molecule has 208 valence electrons. The number of nitrogens with zero attached hydrogens (tertiary/aromatic N) is 2. The number of hydrogen-bond acceptors (Lipinski definition) is 5. The van der Waals surface area contributed by atoms with Crippen LogP contribution in [0.25, 0.3) is 0 Å². The first-order valence-electron chi connectivity index (χ1n) is 13.8. The van der Waals surface area contributed by atoms with Crippen LogP contribution in [0.5, 0.6) is 17.2 Å². The molecule has 7 nitrogen and oxygen atoms in total. The second kappa shape index (κ2) is 10.7. The number of ether oxygens (including phenoxy) is 3. The number of rotatable bonds is 8. The van der Waals surface area contributed by atoms with Gasteiger partial charge >= 0.3 is 5.97 Å². The number of likely N-dealkylation sites (N-methyl/N-ethyl adjacent to an activating group) is 1. The van der Waals surface area contributed by atoms with E-state index >= 15 is 0 Å². The largest absolute Gasteiger partial charge is 0.497 e. The molecule has 2 aliphatic heterocycles. The molecule has 0 saturated heterocycles. The van der Waals surface area contributed by atoms with Crippen molar-refractivity contribution in [2.24, 2.45) is 0 Å². The molecule has 0 aliphatic carbocycles. The summed E-state index contributed by atoms with van der Waals surface area (Å²) in [5.41, 5.74) is 3.05. The van der Waals surface area contributed by atoms with E-state index in [2.05, 4.69) is 16.4 Å². The summed E-state index contributed by atoms with van der Waals surface area (Å²) < 4.78 is 19.0. The fraction of sp³-hybridized carbons (Fsp3) is 0.235. The third-order valence-electron chi connectivity index (χ3n) is 8.06. The fourth-order valence-corrected chi connectivity index (χ4v) is 6.16. The highest BCUT2D eigenvalue weighted by atomic mass is 16.7. The smallest absolute Gasteiger partial charge is 0.362 e. The maximum Gasteiger partial charge on any atom is 0.362 e. The molecule has 2 atom stereocenters. The topological polar surface area (TPSA) is 71.2 Å². The lowest BCUT2D eigenvalue weighted by molar-refractivity contribution is -0.567. The van der Waals surface area contributed by atoms with Gasteiger partial charge in [0, 0.05) is 11.1 Å². The number of hydrogen-bond donors (Lipinski definition) is 1. The Bertz CT molecular complexity index is 1600. The molecule has 2 heterocycles. The van der Waals surface area contributed by atoms with E-state index in [9.17, 15) is 9.90 Å². The van der Waals surface area contributed by atoms with Gasteiger partial charge in [-0.2, -0.15) is 0 Å². The van der Waals surface area contributed by atoms with Crippen LogP contribution in [0.2, 0.25) is 0 Å². The second-order valence-corrected chi connectivity index (χ2v) is 10.4. The second-order valence-electron chi connectivity index (χ2n) is 10.4. The first-order valence-corrected chi connectivity index (χ1v) is 13.8. The Hall–Kier alpha value is -4.78. The highest BCUT2D eigenvalue weighted by Crippen LogP contribution is 2.50. The molecule has 41 heavy (non-hydrogen) atoms. The van der Waals surface area contributed by atoms with Crippen LogP contribution in [-0.2, 0) is 16.9 Å². The maximum atomic E-state index is 14.0. The van der Waals surface area contributed by atoms with E-state index in [4.69, 9.17) is 14.2 Å². The van der Waals surface area contributed by atoms with Gasteiger partial charge in [0.1, 0.15) is 12.3 Å². The van der Waals surface area contributed by atoms with Crippen LogP contribution in [-0.4, -0.2) is 46.8 Å². The monoisotopic (exact) mass is 549 g/mol. The van der Waals surface area contributed by atoms with Gasteiger partial charge in [0.05, 0.1) is 19.2 Å². The van der Waals surface area contributed by atoms with Crippen molar-refractivity contribution in [1.29, 1.82) is 0 Å². The Balaban J connectivity index is 1.67. The molecule has 0 saturated carbocycles. The Morgan fingerprint density at radius 3 is 2.34 bits per heavy atom. The summed E-state index contributed by atoms with van der Waals surface area (Å²) in [5, 5.41) is 11.5. The minimum absolute atomic E-state index is 0.145. The van der Waals surface area contributed by atoms with Crippen molar-refractivity contribution in [2.45, 2.75) is 32.0 Å². The molecule has 4 aromatic carbocycles. The SMILES string of the molecule is CC[N+]1=C(c2ccc(OC)cc2)N(Cc2ccccc2)C(C(=O)O)(c2ccc(C)cc2)C1c1ccc2c(c1)OCO2. The zero-order valence-electron chi connectivity index (χ0n) is 23.4. The number of carboxylic acids is 1. The van der Waals surface area contributed by atoms with Gasteiger partial charge in [-0.05, 0) is 55.8 Å². The molecule has 0 aromatic heterocycles. The Morgan fingerprint density at radius 2 is 1.68 bits per heavy atom. The first kappa shape index (κ1) is 26.4. The van der Waals surface area contributed by atoms with Gasteiger partial charge < -0.3 is 19.3 Å². The number of methoxy groups -OCH3 is 1. The van der Waals surface area contributed by atoms with Gasteiger partial charge in [-0.3, -0.25) is 0 Å².